The number of aromatic nitrogens is 4. The van der Waals surface area contributed by atoms with E-state index in [1.807, 2.05) is 18.2 Å². The molecule has 0 bridgehead atoms. The summed E-state index contributed by atoms with van der Waals surface area (Å²) in [5, 5.41) is 10.4. The Morgan fingerprint density at radius 2 is 2.26 bits per heavy atom. The molecule has 0 aliphatic heterocycles. The van der Waals surface area contributed by atoms with E-state index in [2.05, 4.69) is 20.6 Å². The zero-order chi connectivity index (χ0) is 13.5. The number of pyridine rings is 1. The number of hydrogen-bond acceptors (Lipinski definition) is 5. The Morgan fingerprint density at radius 3 is 2.95 bits per heavy atom. The van der Waals surface area contributed by atoms with Crippen LogP contribution in [0.15, 0.2) is 30.6 Å². The van der Waals surface area contributed by atoms with Gasteiger partial charge in [0, 0.05) is 31.4 Å². The predicted molar refractivity (Wildman–Crippen MR) is 68.9 cm³/mol. The Kier molecular flexibility index (Phi) is 4.57. The van der Waals surface area contributed by atoms with Gasteiger partial charge in [0.25, 0.3) is 0 Å². The quantitative estimate of drug-likeness (QED) is 0.729. The van der Waals surface area contributed by atoms with E-state index in [1.165, 1.54) is 4.68 Å². The molecule has 7 nitrogen and oxygen atoms in total. The van der Waals surface area contributed by atoms with Gasteiger partial charge in [0.05, 0.1) is 11.9 Å². The summed E-state index contributed by atoms with van der Waals surface area (Å²) in [6.07, 6.45) is 4.11. The van der Waals surface area contributed by atoms with Crippen LogP contribution in [0.2, 0.25) is 0 Å². The van der Waals surface area contributed by atoms with Crippen molar-refractivity contribution in [2.45, 2.75) is 19.5 Å². The molecular formula is C12H16N6O. The van der Waals surface area contributed by atoms with Crippen molar-refractivity contribution in [3.63, 3.8) is 0 Å². The number of nitrogens with zero attached hydrogens (tertiary/aromatic N) is 4. The van der Waals surface area contributed by atoms with Gasteiger partial charge >= 0.3 is 0 Å². The minimum absolute atomic E-state index is 0.107. The monoisotopic (exact) mass is 260 g/mol. The van der Waals surface area contributed by atoms with Crippen LogP contribution in [0.4, 0.5) is 0 Å². The third-order valence-electron chi connectivity index (χ3n) is 2.53. The summed E-state index contributed by atoms with van der Waals surface area (Å²) in [7, 11) is 0. The Bertz CT molecular complexity index is 524. The van der Waals surface area contributed by atoms with E-state index >= 15 is 0 Å². The first-order chi connectivity index (χ1) is 9.28. The molecule has 0 unspecified atom stereocenters. The molecule has 0 aliphatic rings. The van der Waals surface area contributed by atoms with Crippen LogP contribution in [0.1, 0.15) is 11.4 Å². The average molecular weight is 260 g/mol. The van der Waals surface area contributed by atoms with E-state index in [-0.39, 0.29) is 12.5 Å². The Morgan fingerprint density at radius 1 is 1.37 bits per heavy atom. The van der Waals surface area contributed by atoms with Crippen molar-refractivity contribution in [2.24, 2.45) is 5.73 Å². The summed E-state index contributed by atoms with van der Waals surface area (Å²) in [6.45, 7) is 1.02. The third-order valence-corrected chi connectivity index (χ3v) is 2.53. The van der Waals surface area contributed by atoms with Gasteiger partial charge in [0.1, 0.15) is 6.54 Å². The first-order valence-corrected chi connectivity index (χ1v) is 6.03. The molecule has 19 heavy (non-hydrogen) atoms. The van der Waals surface area contributed by atoms with Crippen molar-refractivity contribution in [1.29, 1.82) is 0 Å². The van der Waals surface area contributed by atoms with E-state index in [0.29, 0.717) is 25.2 Å². The number of carbonyl (C=O) groups is 1. The lowest BCUT2D eigenvalue weighted by Crippen LogP contribution is -2.29. The van der Waals surface area contributed by atoms with Gasteiger partial charge in [0.15, 0.2) is 0 Å². The van der Waals surface area contributed by atoms with Crippen LogP contribution in [0.25, 0.3) is 0 Å². The highest BCUT2D eigenvalue weighted by Crippen LogP contribution is 1.94. The second-order valence-electron chi connectivity index (χ2n) is 4.03. The van der Waals surface area contributed by atoms with E-state index in [1.54, 1.807) is 12.4 Å². The molecule has 0 radical (unpaired) electrons. The second-order valence-corrected chi connectivity index (χ2v) is 4.03. The first-order valence-electron chi connectivity index (χ1n) is 6.03. The van der Waals surface area contributed by atoms with Gasteiger partial charge in [-0.25, -0.2) is 4.68 Å². The number of nitrogens with two attached hydrogens (primary N) is 1. The minimum atomic E-state index is -0.107. The summed E-state index contributed by atoms with van der Waals surface area (Å²) in [4.78, 5) is 15.8. The molecule has 0 saturated heterocycles. The van der Waals surface area contributed by atoms with Crippen molar-refractivity contribution in [3.05, 3.63) is 42.0 Å². The molecule has 3 N–H and O–H groups in total. The van der Waals surface area contributed by atoms with Crippen molar-refractivity contribution < 1.29 is 4.79 Å². The van der Waals surface area contributed by atoms with Crippen LogP contribution in [-0.2, 0) is 24.3 Å². The van der Waals surface area contributed by atoms with Gasteiger partial charge in [-0.3, -0.25) is 9.78 Å². The van der Waals surface area contributed by atoms with Crippen molar-refractivity contribution in [2.75, 3.05) is 6.54 Å². The van der Waals surface area contributed by atoms with Gasteiger partial charge < -0.3 is 11.1 Å². The maximum absolute atomic E-state index is 11.6. The van der Waals surface area contributed by atoms with E-state index in [4.69, 9.17) is 5.73 Å². The third kappa shape index (κ3) is 4.14. The normalized spacial score (nSPS) is 10.4. The SMILES string of the molecule is NCc1cn(CC(=O)NCCc2ccccn2)nn1. The molecule has 2 aromatic heterocycles. The highest BCUT2D eigenvalue weighted by Gasteiger charge is 2.05. The van der Waals surface area contributed by atoms with Gasteiger partial charge in [-0.05, 0) is 12.1 Å². The zero-order valence-electron chi connectivity index (χ0n) is 10.5. The smallest absolute Gasteiger partial charge is 0.241 e. The molecule has 0 saturated carbocycles. The fraction of sp³-hybridized carbons (Fsp3) is 0.333. The molecule has 1 amide bonds. The van der Waals surface area contributed by atoms with E-state index in [9.17, 15) is 4.79 Å². The van der Waals surface area contributed by atoms with Crippen molar-refractivity contribution >= 4 is 5.91 Å². The first kappa shape index (κ1) is 13.2. The summed E-state index contributed by atoms with van der Waals surface area (Å²) in [5.74, 6) is -0.107. The largest absolute Gasteiger partial charge is 0.354 e. The van der Waals surface area contributed by atoms with Crippen LogP contribution in [0.5, 0.6) is 0 Å². The summed E-state index contributed by atoms with van der Waals surface area (Å²) < 4.78 is 1.47. The number of hydrogen-bond donors (Lipinski definition) is 2. The molecule has 0 fully saturated rings. The standard InChI is InChI=1S/C12H16N6O/c13-7-11-8-18(17-16-11)9-12(19)15-6-4-10-3-1-2-5-14-10/h1-3,5,8H,4,6-7,9,13H2,(H,15,19). The fourth-order valence-corrected chi connectivity index (χ4v) is 1.59. The minimum Gasteiger partial charge on any atom is -0.354 e. The van der Waals surface area contributed by atoms with Gasteiger partial charge in [-0.2, -0.15) is 0 Å². The van der Waals surface area contributed by atoms with Crippen LogP contribution in [0.3, 0.4) is 0 Å². The average Bonchev–Trinajstić information content (AvgIpc) is 2.87. The molecule has 7 heteroatoms. The van der Waals surface area contributed by atoms with Gasteiger partial charge in [-0.15, -0.1) is 5.10 Å². The molecule has 100 valence electrons. The lowest BCUT2D eigenvalue weighted by Gasteiger charge is -2.04. The lowest BCUT2D eigenvalue weighted by atomic mass is 10.3. The molecule has 0 atom stereocenters. The topological polar surface area (TPSA) is 98.7 Å². The molecule has 0 aromatic carbocycles. The molecule has 0 spiro atoms. The summed E-state index contributed by atoms with van der Waals surface area (Å²) in [6, 6.07) is 5.72. The predicted octanol–water partition coefficient (Wildman–Crippen LogP) is -0.509. The highest BCUT2D eigenvalue weighted by molar-refractivity contribution is 5.75. The fourth-order valence-electron chi connectivity index (χ4n) is 1.59. The Hall–Kier alpha value is -2.28. The maximum atomic E-state index is 11.6. The van der Waals surface area contributed by atoms with Crippen molar-refractivity contribution in [3.8, 4) is 0 Å². The van der Waals surface area contributed by atoms with Crippen molar-refractivity contribution in [1.82, 2.24) is 25.3 Å². The highest BCUT2D eigenvalue weighted by atomic mass is 16.2. The summed E-state index contributed by atoms with van der Waals surface area (Å²) in [5.41, 5.74) is 7.04. The zero-order valence-corrected chi connectivity index (χ0v) is 10.5. The molecule has 2 heterocycles. The summed E-state index contributed by atoms with van der Waals surface area (Å²) >= 11 is 0. The number of carbonyl (C=O) groups excluding carboxylic acids is 1. The van der Waals surface area contributed by atoms with Crippen LogP contribution in [0, 0.1) is 0 Å². The Balaban J connectivity index is 1.73. The van der Waals surface area contributed by atoms with Crippen LogP contribution >= 0.6 is 0 Å². The van der Waals surface area contributed by atoms with Crippen LogP contribution < -0.4 is 11.1 Å². The molecule has 2 aromatic rings. The number of nitrogens with one attached hydrogen (secondary N) is 1. The Labute approximate surface area is 110 Å². The maximum Gasteiger partial charge on any atom is 0.241 e. The number of rotatable bonds is 6. The van der Waals surface area contributed by atoms with E-state index < -0.39 is 0 Å². The number of amides is 1. The van der Waals surface area contributed by atoms with Crippen LogP contribution in [-0.4, -0.2) is 32.4 Å². The van der Waals surface area contributed by atoms with Gasteiger partial charge in [-0.1, -0.05) is 11.3 Å². The molecular weight excluding hydrogens is 244 g/mol. The van der Waals surface area contributed by atoms with E-state index in [0.717, 1.165) is 5.69 Å². The lowest BCUT2D eigenvalue weighted by molar-refractivity contribution is -0.121. The molecule has 2 rings (SSSR count). The van der Waals surface area contributed by atoms with Gasteiger partial charge in [0.2, 0.25) is 5.91 Å². The molecule has 0 aliphatic carbocycles. The second kappa shape index (κ2) is 6.60.